The lowest BCUT2D eigenvalue weighted by atomic mass is 10.0. The van der Waals surface area contributed by atoms with Gasteiger partial charge in [-0.1, -0.05) is 12.2 Å². The first-order chi connectivity index (χ1) is 12.3. The Kier molecular flexibility index (Phi) is 6.11. The number of amidine groups is 1. The largest absolute Gasteiger partial charge is 0.341 e. The molecule has 2 rings (SSSR count). The van der Waals surface area contributed by atoms with E-state index in [9.17, 15) is 9.59 Å². The lowest BCUT2D eigenvalue weighted by Crippen LogP contribution is -2.39. The van der Waals surface area contributed by atoms with E-state index in [1.54, 1.807) is 29.2 Å². The number of amides is 2. The molecule has 0 aliphatic carbocycles. The second kappa shape index (κ2) is 8.29. The predicted molar refractivity (Wildman–Crippen MR) is 106 cm³/mol. The summed E-state index contributed by atoms with van der Waals surface area (Å²) < 4.78 is 0. The van der Waals surface area contributed by atoms with Crippen molar-refractivity contribution in [2.24, 2.45) is 4.99 Å². The van der Waals surface area contributed by atoms with Gasteiger partial charge < -0.3 is 10.6 Å². The average molecular weight is 352 g/mol. The number of hydrogen-bond donors (Lipinski definition) is 2. The van der Waals surface area contributed by atoms with Gasteiger partial charge in [0.2, 0.25) is 5.91 Å². The zero-order valence-corrected chi connectivity index (χ0v) is 15.6. The van der Waals surface area contributed by atoms with Crippen LogP contribution in [0.4, 0.5) is 11.4 Å². The van der Waals surface area contributed by atoms with Gasteiger partial charge in [0.1, 0.15) is 11.7 Å². The maximum absolute atomic E-state index is 12.1. The molecule has 0 bridgehead atoms. The summed E-state index contributed by atoms with van der Waals surface area (Å²) in [6.07, 6.45) is 3.35. The van der Waals surface area contributed by atoms with Crippen LogP contribution in [0.1, 0.15) is 27.7 Å². The van der Waals surface area contributed by atoms with Crippen LogP contribution in [0.2, 0.25) is 0 Å². The van der Waals surface area contributed by atoms with Crippen LogP contribution < -0.4 is 10.6 Å². The van der Waals surface area contributed by atoms with E-state index in [2.05, 4.69) is 22.2 Å². The molecular formula is C20H24N4O2. The first-order valence-corrected chi connectivity index (χ1v) is 8.41. The third-order valence-electron chi connectivity index (χ3n) is 3.74. The van der Waals surface area contributed by atoms with Gasteiger partial charge in [-0.2, -0.15) is 0 Å². The first kappa shape index (κ1) is 19.2. The third kappa shape index (κ3) is 4.69. The molecule has 1 aromatic carbocycles. The topological polar surface area (TPSA) is 73.8 Å². The van der Waals surface area contributed by atoms with Gasteiger partial charge >= 0.3 is 0 Å². The maximum Gasteiger partial charge on any atom is 0.252 e. The average Bonchev–Trinajstić information content (AvgIpc) is 2.56. The molecule has 2 N–H and O–H groups in total. The zero-order valence-electron chi connectivity index (χ0n) is 15.6. The van der Waals surface area contributed by atoms with E-state index in [-0.39, 0.29) is 11.8 Å². The number of nitrogens with one attached hydrogen (secondary N) is 2. The molecule has 0 fully saturated rings. The number of aliphatic imine (C=N–C) groups is 1. The second-order valence-electron chi connectivity index (χ2n) is 6.10. The van der Waals surface area contributed by atoms with Gasteiger partial charge in [0.05, 0.1) is 0 Å². The number of anilines is 2. The minimum Gasteiger partial charge on any atom is -0.341 e. The van der Waals surface area contributed by atoms with Crippen LogP contribution in [0, 0.1) is 0 Å². The van der Waals surface area contributed by atoms with Crippen molar-refractivity contribution in [2.75, 3.05) is 17.2 Å². The summed E-state index contributed by atoms with van der Waals surface area (Å²) in [6, 6.07) is 7.22. The highest BCUT2D eigenvalue weighted by molar-refractivity contribution is 6.16. The number of rotatable bonds is 5. The smallest absolute Gasteiger partial charge is 0.252 e. The molecule has 0 radical (unpaired) electrons. The van der Waals surface area contributed by atoms with Crippen molar-refractivity contribution >= 4 is 29.0 Å². The van der Waals surface area contributed by atoms with Crippen LogP contribution >= 0.6 is 0 Å². The van der Waals surface area contributed by atoms with Gasteiger partial charge in [-0.15, -0.1) is 0 Å². The first-order valence-electron chi connectivity index (χ1n) is 8.41. The number of carbonyl (C=O) groups excluding carboxylic acids is 2. The van der Waals surface area contributed by atoms with E-state index >= 15 is 0 Å². The highest BCUT2D eigenvalue weighted by Gasteiger charge is 2.23. The molecule has 0 saturated heterocycles. The summed E-state index contributed by atoms with van der Waals surface area (Å²) in [5, 5.41) is 5.82. The Balaban J connectivity index is 2.22. The van der Waals surface area contributed by atoms with Crippen molar-refractivity contribution in [1.82, 2.24) is 4.90 Å². The highest BCUT2D eigenvalue weighted by Crippen LogP contribution is 2.20. The van der Waals surface area contributed by atoms with Gasteiger partial charge in [0.25, 0.3) is 5.91 Å². The number of hydrogen-bond acceptors (Lipinski definition) is 4. The van der Waals surface area contributed by atoms with Crippen LogP contribution in [0.3, 0.4) is 0 Å². The summed E-state index contributed by atoms with van der Waals surface area (Å²) in [4.78, 5) is 29.4. The van der Waals surface area contributed by atoms with Crippen molar-refractivity contribution in [3.05, 3.63) is 60.0 Å². The van der Waals surface area contributed by atoms with Crippen LogP contribution in [-0.4, -0.2) is 29.1 Å². The van der Waals surface area contributed by atoms with Crippen molar-refractivity contribution < 1.29 is 9.59 Å². The molecule has 0 spiro atoms. The number of benzene rings is 1. The number of likely N-dealkylation sites (N-methyl/N-ethyl adjacent to an activating group) is 1. The number of allylic oxidation sites excluding steroid dienone is 1. The Morgan fingerprint density at radius 1 is 1.08 bits per heavy atom. The molecule has 0 unspecified atom stereocenters. The van der Waals surface area contributed by atoms with Crippen LogP contribution in [0.5, 0.6) is 0 Å². The summed E-state index contributed by atoms with van der Waals surface area (Å²) in [7, 11) is 0. The molecule has 2 amide bonds. The monoisotopic (exact) mass is 352 g/mol. The highest BCUT2D eigenvalue weighted by atomic mass is 16.2. The fourth-order valence-corrected chi connectivity index (χ4v) is 2.55. The third-order valence-corrected chi connectivity index (χ3v) is 3.74. The summed E-state index contributed by atoms with van der Waals surface area (Å²) in [5.41, 5.74) is 3.48. The van der Waals surface area contributed by atoms with Crippen LogP contribution in [0.15, 0.2) is 65.0 Å². The van der Waals surface area contributed by atoms with Gasteiger partial charge in [-0.25, -0.2) is 4.99 Å². The summed E-state index contributed by atoms with van der Waals surface area (Å²) in [6.45, 7) is 11.8. The molecule has 1 heterocycles. The Bertz CT molecular complexity index is 813. The van der Waals surface area contributed by atoms with E-state index in [0.717, 1.165) is 16.8 Å². The predicted octanol–water partition coefficient (Wildman–Crippen LogP) is 3.68. The molecule has 0 atom stereocenters. The Morgan fingerprint density at radius 3 is 2.15 bits per heavy atom. The van der Waals surface area contributed by atoms with Gasteiger partial charge in [-0.3, -0.25) is 14.5 Å². The lowest BCUT2D eigenvalue weighted by molar-refractivity contribution is -0.122. The van der Waals surface area contributed by atoms with E-state index in [1.807, 2.05) is 32.9 Å². The molecule has 1 aromatic rings. The van der Waals surface area contributed by atoms with Gasteiger partial charge in [0, 0.05) is 36.5 Å². The second-order valence-corrected chi connectivity index (χ2v) is 6.10. The normalized spacial score (nSPS) is 15.2. The van der Waals surface area contributed by atoms with Crippen LogP contribution in [-0.2, 0) is 9.59 Å². The fourth-order valence-electron chi connectivity index (χ4n) is 2.55. The molecule has 6 nitrogen and oxygen atoms in total. The lowest BCUT2D eigenvalue weighted by Gasteiger charge is -2.26. The zero-order chi connectivity index (χ0) is 19.3. The number of carbonyl (C=O) groups is 2. The van der Waals surface area contributed by atoms with E-state index in [1.165, 1.54) is 6.92 Å². The molecule has 0 aromatic heterocycles. The molecule has 26 heavy (non-hydrogen) atoms. The van der Waals surface area contributed by atoms with Crippen molar-refractivity contribution in [3.63, 3.8) is 0 Å². The maximum atomic E-state index is 12.1. The minimum atomic E-state index is -0.120. The Hall–Kier alpha value is -3.15. The minimum absolute atomic E-state index is 0.0938. The Labute approximate surface area is 154 Å². The Morgan fingerprint density at radius 2 is 1.65 bits per heavy atom. The van der Waals surface area contributed by atoms with Gasteiger partial charge in [0.15, 0.2) is 0 Å². The summed E-state index contributed by atoms with van der Waals surface area (Å²) >= 11 is 0. The molecule has 1 aliphatic heterocycles. The quantitative estimate of drug-likeness (QED) is 0.849. The molecule has 1 aliphatic rings. The van der Waals surface area contributed by atoms with Crippen LogP contribution in [0.25, 0.3) is 0 Å². The van der Waals surface area contributed by atoms with Crippen molar-refractivity contribution in [1.29, 1.82) is 0 Å². The van der Waals surface area contributed by atoms with Crippen molar-refractivity contribution in [2.45, 2.75) is 27.7 Å². The van der Waals surface area contributed by atoms with Crippen molar-refractivity contribution in [3.8, 4) is 0 Å². The fraction of sp³-hybridized carbons (Fsp3) is 0.250. The SMILES string of the molecule is C=C(/N=C1\C(=C(C)C)C=CC(=O)N1CC)Nc1ccc(NC(C)=O)cc1. The molecule has 0 saturated carbocycles. The molecule has 136 valence electrons. The van der Waals surface area contributed by atoms with E-state index in [4.69, 9.17) is 0 Å². The molecule has 6 heteroatoms. The van der Waals surface area contributed by atoms with E-state index in [0.29, 0.717) is 23.9 Å². The number of nitrogens with zero attached hydrogens (tertiary/aromatic N) is 2. The summed E-state index contributed by atoms with van der Waals surface area (Å²) in [5.74, 6) is 0.800. The molecular weight excluding hydrogens is 328 g/mol. The van der Waals surface area contributed by atoms with Gasteiger partial charge in [-0.05, 0) is 51.1 Å². The van der Waals surface area contributed by atoms with E-state index < -0.39 is 0 Å². The standard InChI is InChI=1S/C20H24N4O2/c1-6-24-19(26)12-11-18(13(2)3)20(24)22-14(4)21-16-7-9-17(10-8-16)23-15(5)25/h7-12,21H,4,6H2,1-3,5H3,(H,23,25)/b22-20+.